The molecule has 0 aliphatic rings. The first-order valence-electron chi connectivity index (χ1n) is 6.95. The molecule has 0 fully saturated rings. The van der Waals surface area contributed by atoms with Gasteiger partial charge in [-0.05, 0) is 44.5 Å². The lowest BCUT2D eigenvalue weighted by Crippen LogP contribution is -2.29. The van der Waals surface area contributed by atoms with Crippen molar-refractivity contribution < 1.29 is 0 Å². The van der Waals surface area contributed by atoms with Crippen molar-refractivity contribution in [3.63, 3.8) is 0 Å². The number of benzene rings is 1. The number of hydrogen-bond donors (Lipinski definition) is 1. The number of nitrogens with one attached hydrogen (secondary N) is 1. The Morgan fingerprint density at radius 3 is 2.44 bits per heavy atom. The molecule has 0 aliphatic carbocycles. The zero-order chi connectivity index (χ0) is 13.5. The van der Waals surface area contributed by atoms with Crippen LogP contribution in [-0.4, -0.2) is 25.0 Å². The van der Waals surface area contributed by atoms with Crippen LogP contribution in [0.15, 0.2) is 24.3 Å². The Kier molecular flexibility index (Phi) is 6.37. The third kappa shape index (κ3) is 5.19. The maximum absolute atomic E-state index is 3.20. The Bertz CT molecular complexity index is 347. The fraction of sp³-hybridized carbons (Fsp3) is 0.625. The second-order valence-electron chi connectivity index (χ2n) is 5.74. The molecule has 0 saturated heterocycles. The summed E-state index contributed by atoms with van der Waals surface area (Å²) in [6.07, 6.45) is 1.26. The van der Waals surface area contributed by atoms with Gasteiger partial charge < -0.3 is 5.32 Å². The van der Waals surface area contributed by atoms with E-state index in [0.717, 1.165) is 19.0 Å². The quantitative estimate of drug-likeness (QED) is 0.796. The first-order chi connectivity index (χ1) is 8.52. The van der Waals surface area contributed by atoms with E-state index in [2.05, 4.69) is 62.3 Å². The van der Waals surface area contributed by atoms with Crippen molar-refractivity contribution in [2.75, 3.05) is 14.1 Å². The lowest BCUT2D eigenvalue weighted by Gasteiger charge is -2.26. The molecule has 102 valence electrons. The maximum Gasteiger partial charge on any atom is 0.0233 e. The zero-order valence-electron chi connectivity index (χ0n) is 12.5. The fourth-order valence-electron chi connectivity index (χ4n) is 2.35. The van der Waals surface area contributed by atoms with Gasteiger partial charge in [-0.25, -0.2) is 0 Å². The van der Waals surface area contributed by atoms with Crippen LogP contribution in [0.2, 0.25) is 0 Å². The van der Waals surface area contributed by atoms with Crippen LogP contribution < -0.4 is 5.32 Å². The first kappa shape index (κ1) is 15.2. The minimum absolute atomic E-state index is 0.637. The summed E-state index contributed by atoms with van der Waals surface area (Å²) in [6.45, 7) is 8.87. The van der Waals surface area contributed by atoms with Gasteiger partial charge in [0.2, 0.25) is 0 Å². The highest BCUT2D eigenvalue weighted by molar-refractivity contribution is 5.23. The van der Waals surface area contributed by atoms with Crippen molar-refractivity contribution >= 4 is 0 Å². The Balaban J connectivity index is 2.57. The smallest absolute Gasteiger partial charge is 0.0233 e. The highest BCUT2D eigenvalue weighted by atomic mass is 15.1. The normalized spacial score (nSPS) is 13.3. The van der Waals surface area contributed by atoms with E-state index in [-0.39, 0.29) is 0 Å². The summed E-state index contributed by atoms with van der Waals surface area (Å²) < 4.78 is 0. The average Bonchev–Trinajstić information content (AvgIpc) is 2.29. The first-order valence-corrected chi connectivity index (χ1v) is 6.95. The molecule has 0 amide bonds. The molecular weight excluding hydrogens is 220 g/mol. The minimum atomic E-state index is 0.637. The molecule has 0 saturated carbocycles. The van der Waals surface area contributed by atoms with E-state index in [9.17, 15) is 0 Å². The monoisotopic (exact) mass is 248 g/mol. The van der Waals surface area contributed by atoms with Crippen LogP contribution in [0.25, 0.3) is 0 Å². The topological polar surface area (TPSA) is 15.3 Å². The van der Waals surface area contributed by atoms with Gasteiger partial charge in [0.05, 0.1) is 0 Å². The molecule has 1 rings (SSSR count). The van der Waals surface area contributed by atoms with E-state index >= 15 is 0 Å². The standard InChI is InChI=1S/C16H28N2/c1-13(2)9-14(3)18(5)12-16-8-6-7-15(10-16)11-17-4/h6-8,10,13-14,17H,9,11-12H2,1-5H3. The van der Waals surface area contributed by atoms with Crippen LogP contribution in [0.4, 0.5) is 0 Å². The van der Waals surface area contributed by atoms with Crippen molar-refractivity contribution in [3.05, 3.63) is 35.4 Å². The van der Waals surface area contributed by atoms with Gasteiger partial charge in [-0.3, -0.25) is 4.90 Å². The summed E-state index contributed by atoms with van der Waals surface area (Å²) in [6, 6.07) is 9.49. The largest absolute Gasteiger partial charge is 0.316 e. The molecule has 0 aliphatic heterocycles. The Labute approximate surface area is 112 Å². The molecule has 0 radical (unpaired) electrons. The molecule has 0 spiro atoms. The van der Waals surface area contributed by atoms with Crippen molar-refractivity contribution in [2.45, 2.75) is 46.3 Å². The van der Waals surface area contributed by atoms with Crippen LogP contribution in [0, 0.1) is 5.92 Å². The van der Waals surface area contributed by atoms with Crippen molar-refractivity contribution in [3.8, 4) is 0 Å². The Hall–Kier alpha value is -0.860. The second-order valence-corrected chi connectivity index (χ2v) is 5.74. The summed E-state index contributed by atoms with van der Waals surface area (Å²) in [4.78, 5) is 2.44. The van der Waals surface area contributed by atoms with Crippen LogP contribution in [0.3, 0.4) is 0 Å². The molecular formula is C16H28N2. The van der Waals surface area contributed by atoms with E-state index < -0.39 is 0 Å². The Morgan fingerprint density at radius 2 is 1.83 bits per heavy atom. The Morgan fingerprint density at radius 1 is 1.17 bits per heavy atom. The predicted octanol–water partition coefficient (Wildman–Crippen LogP) is 3.27. The van der Waals surface area contributed by atoms with Crippen molar-refractivity contribution in [2.24, 2.45) is 5.92 Å². The maximum atomic E-state index is 3.20. The molecule has 0 aromatic heterocycles. The molecule has 2 nitrogen and oxygen atoms in total. The highest BCUT2D eigenvalue weighted by Gasteiger charge is 2.11. The van der Waals surface area contributed by atoms with Crippen LogP contribution >= 0.6 is 0 Å². The number of nitrogens with zero attached hydrogens (tertiary/aromatic N) is 1. The summed E-state index contributed by atoms with van der Waals surface area (Å²) in [5, 5.41) is 3.20. The van der Waals surface area contributed by atoms with Crippen LogP contribution in [-0.2, 0) is 13.1 Å². The summed E-state index contributed by atoms with van der Waals surface area (Å²) >= 11 is 0. The lowest BCUT2D eigenvalue weighted by molar-refractivity contribution is 0.220. The van der Waals surface area contributed by atoms with Crippen LogP contribution in [0.5, 0.6) is 0 Å². The van der Waals surface area contributed by atoms with Crippen molar-refractivity contribution in [1.29, 1.82) is 0 Å². The fourth-order valence-corrected chi connectivity index (χ4v) is 2.35. The van der Waals surface area contributed by atoms with Gasteiger partial charge in [0.1, 0.15) is 0 Å². The average molecular weight is 248 g/mol. The highest BCUT2D eigenvalue weighted by Crippen LogP contribution is 2.14. The number of rotatable bonds is 7. The third-order valence-electron chi connectivity index (χ3n) is 3.37. The van der Waals surface area contributed by atoms with E-state index in [1.807, 2.05) is 7.05 Å². The minimum Gasteiger partial charge on any atom is -0.316 e. The molecule has 1 aromatic carbocycles. The van der Waals surface area contributed by atoms with Gasteiger partial charge >= 0.3 is 0 Å². The van der Waals surface area contributed by atoms with Gasteiger partial charge in [-0.15, -0.1) is 0 Å². The lowest BCUT2D eigenvalue weighted by atomic mass is 10.0. The third-order valence-corrected chi connectivity index (χ3v) is 3.37. The molecule has 0 heterocycles. The summed E-state index contributed by atoms with van der Waals surface area (Å²) in [7, 11) is 4.21. The molecule has 2 heteroatoms. The molecule has 1 atom stereocenters. The SMILES string of the molecule is CNCc1cccc(CN(C)C(C)CC(C)C)c1. The summed E-state index contributed by atoms with van der Waals surface area (Å²) in [5.41, 5.74) is 2.76. The van der Waals surface area contributed by atoms with E-state index in [1.54, 1.807) is 0 Å². The van der Waals surface area contributed by atoms with Gasteiger partial charge in [-0.2, -0.15) is 0 Å². The van der Waals surface area contributed by atoms with E-state index in [4.69, 9.17) is 0 Å². The number of hydrogen-bond acceptors (Lipinski definition) is 2. The van der Waals surface area contributed by atoms with E-state index in [0.29, 0.717) is 6.04 Å². The zero-order valence-corrected chi connectivity index (χ0v) is 12.5. The molecule has 1 aromatic rings. The molecule has 18 heavy (non-hydrogen) atoms. The molecule has 1 unspecified atom stereocenters. The van der Waals surface area contributed by atoms with Crippen molar-refractivity contribution in [1.82, 2.24) is 10.2 Å². The molecule has 1 N–H and O–H groups in total. The molecule has 0 bridgehead atoms. The van der Waals surface area contributed by atoms with E-state index in [1.165, 1.54) is 17.5 Å². The predicted molar refractivity (Wildman–Crippen MR) is 79.6 cm³/mol. The second kappa shape index (κ2) is 7.55. The van der Waals surface area contributed by atoms with Gasteiger partial charge in [-0.1, -0.05) is 38.1 Å². The van der Waals surface area contributed by atoms with Gasteiger partial charge in [0.15, 0.2) is 0 Å². The summed E-state index contributed by atoms with van der Waals surface area (Å²) in [5.74, 6) is 0.762. The van der Waals surface area contributed by atoms with Crippen LogP contribution in [0.1, 0.15) is 38.3 Å². The van der Waals surface area contributed by atoms with Gasteiger partial charge in [0.25, 0.3) is 0 Å². The van der Waals surface area contributed by atoms with Gasteiger partial charge in [0, 0.05) is 19.1 Å².